The molecule has 0 spiro atoms. The maximum absolute atomic E-state index is 13.6. The lowest BCUT2D eigenvalue weighted by atomic mass is 10.0. The first-order valence-corrected chi connectivity index (χ1v) is 11.0. The van der Waals surface area contributed by atoms with Gasteiger partial charge in [-0.1, -0.05) is 24.3 Å². The first kappa shape index (κ1) is 23.0. The molecule has 0 saturated heterocycles. The molecule has 7 heteroatoms. The number of benzene rings is 3. The smallest absolute Gasteiger partial charge is 0.282 e. The van der Waals surface area contributed by atoms with Gasteiger partial charge in [0.1, 0.15) is 23.0 Å². The van der Waals surface area contributed by atoms with Gasteiger partial charge in [-0.25, -0.2) is 9.29 Å². The second-order valence-corrected chi connectivity index (χ2v) is 7.92. The molecule has 2 amide bonds. The topological polar surface area (TPSA) is 67.9 Å². The average molecular weight is 461 g/mol. The van der Waals surface area contributed by atoms with E-state index in [1.54, 1.807) is 48.5 Å². The van der Waals surface area contributed by atoms with Gasteiger partial charge in [-0.15, -0.1) is 0 Å². The molecule has 4 rings (SSSR count). The van der Waals surface area contributed by atoms with E-state index in [-0.39, 0.29) is 17.4 Å². The summed E-state index contributed by atoms with van der Waals surface area (Å²) in [7, 11) is 0. The number of carbonyl (C=O) groups is 2. The number of nitrogens with zero attached hydrogens (tertiary/aromatic N) is 1. The summed E-state index contributed by atoms with van der Waals surface area (Å²) in [6, 6.07) is 19.4. The zero-order chi connectivity index (χ0) is 24.2. The number of nitrogens with one attached hydrogen (secondary N) is 1. The number of anilines is 2. The summed E-state index contributed by atoms with van der Waals surface area (Å²) in [5.41, 5.74) is 1.63. The molecule has 0 saturated carbocycles. The van der Waals surface area contributed by atoms with Crippen molar-refractivity contribution in [3.8, 4) is 11.5 Å². The van der Waals surface area contributed by atoms with Gasteiger partial charge in [-0.05, 0) is 74.9 Å². The van der Waals surface area contributed by atoms with Crippen molar-refractivity contribution in [2.45, 2.75) is 26.9 Å². The van der Waals surface area contributed by atoms with Crippen molar-refractivity contribution in [1.82, 2.24) is 0 Å². The SMILES string of the molecule is CCOc1ccccc1N1C(=O)C(Nc2ccc(OC(C)C)cc2)=C(c2ccc(F)cc2)C1=O. The highest BCUT2D eigenvalue weighted by Crippen LogP contribution is 2.38. The Bertz CT molecular complexity index is 1230. The minimum atomic E-state index is -0.529. The average Bonchev–Trinajstić information content (AvgIpc) is 3.05. The van der Waals surface area contributed by atoms with Gasteiger partial charge in [-0.2, -0.15) is 0 Å². The van der Waals surface area contributed by atoms with Gasteiger partial charge < -0.3 is 14.8 Å². The molecule has 6 nitrogen and oxygen atoms in total. The van der Waals surface area contributed by atoms with Gasteiger partial charge in [0.15, 0.2) is 0 Å². The summed E-state index contributed by atoms with van der Waals surface area (Å²) in [6.45, 7) is 6.07. The van der Waals surface area contributed by atoms with Crippen molar-refractivity contribution in [3.63, 3.8) is 0 Å². The van der Waals surface area contributed by atoms with Crippen LogP contribution in [0.4, 0.5) is 15.8 Å². The molecule has 0 bridgehead atoms. The molecule has 1 heterocycles. The number of hydrogen-bond acceptors (Lipinski definition) is 5. The molecular formula is C27H25FN2O4. The van der Waals surface area contributed by atoms with E-state index in [4.69, 9.17) is 9.47 Å². The lowest BCUT2D eigenvalue weighted by Crippen LogP contribution is -2.32. The molecule has 34 heavy (non-hydrogen) atoms. The van der Waals surface area contributed by atoms with Crippen molar-refractivity contribution < 1.29 is 23.5 Å². The van der Waals surface area contributed by atoms with Gasteiger partial charge in [0, 0.05) is 5.69 Å². The zero-order valence-electron chi connectivity index (χ0n) is 19.2. The molecule has 3 aromatic carbocycles. The Kier molecular flexibility index (Phi) is 6.63. The third-order valence-electron chi connectivity index (χ3n) is 5.12. The highest BCUT2D eigenvalue weighted by Gasteiger charge is 2.41. The van der Waals surface area contributed by atoms with Crippen LogP contribution in [0.1, 0.15) is 26.3 Å². The Morgan fingerprint density at radius 3 is 2.24 bits per heavy atom. The summed E-state index contributed by atoms with van der Waals surface area (Å²) in [4.78, 5) is 28.2. The number of imide groups is 1. The molecule has 0 unspecified atom stereocenters. The summed E-state index contributed by atoms with van der Waals surface area (Å²) in [6.07, 6.45) is 0.0274. The van der Waals surface area contributed by atoms with Crippen molar-refractivity contribution in [2.24, 2.45) is 0 Å². The largest absolute Gasteiger partial charge is 0.492 e. The van der Waals surface area contributed by atoms with Crippen molar-refractivity contribution in [3.05, 3.63) is 89.9 Å². The highest BCUT2D eigenvalue weighted by molar-refractivity contribution is 6.46. The molecule has 0 atom stereocenters. The van der Waals surface area contributed by atoms with Crippen LogP contribution in [0.5, 0.6) is 11.5 Å². The molecular weight excluding hydrogens is 435 g/mol. The van der Waals surface area contributed by atoms with Gasteiger partial charge in [-0.3, -0.25) is 9.59 Å². The lowest BCUT2D eigenvalue weighted by molar-refractivity contribution is -0.120. The molecule has 1 aliphatic rings. The van der Waals surface area contributed by atoms with Gasteiger partial charge in [0.05, 0.1) is 24.0 Å². The monoisotopic (exact) mass is 460 g/mol. The second-order valence-electron chi connectivity index (χ2n) is 7.92. The zero-order valence-corrected chi connectivity index (χ0v) is 19.2. The van der Waals surface area contributed by atoms with Crippen LogP contribution in [0.15, 0.2) is 78.5 Å². The standard InChI is InChI=1S/C27H25FN2O4/c1-4-33-23-8-6-5-7-22(23)30-26(31)24(18-9-11-19(28)12-10-18)25(27(30)32)29-20-13-15-21(16-14-20)34-17(2)3/h5-17,29H,4H2,1-3H3. The number of rotatable bonds is 8. The lowest BCUT2D eigenvalue weighted by Gasteiger charge is -2.19. The third-order valence-corrected chi connectivity index (χ3v) is 5.12. The molecule has 0 aliphatic carbocycles. The summed E-state index contributed by atoms with van der Waals surface area (Å²) in [5, 5.41) is 3.09. The van der Waals surface area contributed by atoms with E-state index in [1.807, 2.05) is 20.8 Å². The van der Waals surface area contributed by atoms with E-state index in [1.165, 1.54) is 24.3 Å². The van der Waals surface area contributed by atoms with Crippen molar-refractivity contribution >= 4 is 28.8 Å². The molecule has 3 aromatic rings. The van der Waals surface area contributed by atoms with E-state index in [2.05, 4.69) is 5.32 Å². The Hall–Kier alpha value is -4.13. The maximum atomic E-state index is 13.6. The summed E-state index contributed by atoms with van der Waals surface area (Å²) < 4.78 is 24.9. The number of hydrogen-bond donors (Lipinski definition) is 1. The Labute approximate surface area is 197 Å². The van der Waals surface area contributed by atoms with E-state index in [0.29, 0.717) is 35.0 Å². The van der Waals surface area contributed by atoms with Crippen LogP contribution in [0, 0.1) is 5.82 Å². The molecule has 1 N–H and O–H groups in total. The van der Waals surface area contributed by atoms with E-state index in [0.717, 1.165) is 4.90 Å². The van der Waals surface area contributed by atoms with Crippen LogP contribution in [0.25, 0.3) is 5.57 Å². The number of carbonyl (C=O) groups excluding carboxylic acids is 2. The predicted molar refractivity (Wildman–Crippen MR) is 129 cm³/mol. The van der Waals surface area contributed by atoms with Crippen molar-refractivity contribution in [1.29, 1.82) is 0 Å². The second kappa shape index (κ2) is 9.79. The van der Waals surface area contributed by atoms with Crippen LogP contribution >= 0.6 is 0 Å². The van der Waals surface area contributed by atoms with Gasteiger partial charge >= 0.3 is 0 Å². The van der Waals surface area contributed by atoms with E-state index < -0.39 is 17.6 Å². The normalized spacial score (nSPS) is 13.6. The first-order valence-electron chi connectivity index (χ1n) is 11.0. The van der Waals surface area contributed by atoms with Crippen LogP contribution < -0.4 is 19.7 Å². The fourth-order valence-electron chi connectivity index (χ4n) is 3.70. The van der Waals surface area contributed by atoms with Crippen LogP contribution in [-0.4, -0.2) is 24.5 Å². The highest BCUT2D eigenvalue weighted by atomic mass is 19.1. The molecule has 174 valence electrons. The number of amides is 2. The number of ether oxygens (including phenoxy) is 2. The van der Waals surface area contributed by atoms with Crippen LogP contribution in [-0.2, 0) is 9.59 Å². The van der Waals surface area contributed by atoms with Gasteiger partial charge in [0.2, 0.25) is 0 Å². The third kappa shape index (κ3) is 4.64. The van der Waals surface area contributed by atoms with Crippen molar-refractivity contribution in [2.75, 3.05) is 16.8 Å². The summed E-state index contributed by atoms with van der Waals surface area (Å²) in [5.74, 6) is -0.379. The fourth-order valence-corrected chi connectivity index (χ4v) is 3.70. The Morgan fingerprint density at radius 1 is 0.912 bits per heavy atom. The molecule has 1 aliphatic heterocycles. The van der Waals surface area contributed by atoms with Crippen LogP contribution in [0.2, 0.25) is 0 Å². The van der Waals surface area contributed by atoms with E-state index in [9.17, 15) is 14.0 Å². The molecule has 0 fully saturated rings. The van der Waals surface area contributed by atoms with E-state index >= 15 is 0 Å². The first-order chi connectivity index (χ1) is 16.4. The Balaban J connectivity index is 1.76. The maximum Gasteiger partial charge on any atom is 0.282 e. The molecule has 0 radical (unpaired) electrons. The fraction of sp³-hybridized carbons (Fsp3) is 0.185. The summed E-state index contributed by atoms with van der Waals surface area (Å²) >= 11 is 0. The minimum absolute atomic E-state index is 0.0274. The van der Waals surface area contributed by atoms with Gasteiger partial charge in [0.25, 0.3) is 11.8 Å². The predicted octanol–water partition coefficient (Wildman–Crippen LogP) is 5.41. The number of para-hydroxylation sites is 2. The molecule has 0 aromatic heterocycles. The number of halogens is 1. The Morgan fingerprint density at radius 2 is 1.59 bits per heavy atom. The quantitative estimate of drug-likeness (QED) is 0.456. The van der Waals surface area contributed by atoms with Crippen LogP contribution in [0.3, 0.4) is 0 Å². The minimum Gasteiger partial charge on any atom is -0.492 e.